The summed E-state index contributed by atoms with van der Waals surface area (Å²) in [5.41, 5.74) is 7.41. The van der Waals surface area contributed by atoms with Crippen molar-refractivity contribution in [3.05, 3.63) is 46.6 Å². The summed E-state index contributed by atoms with van der Waals surface area (Å²) in [5, 5.41) is 0.729. The summed E-state index contributed by atoms with van der Waals surface area (Å²) < 4.78 is 26.8. The van der Waals surface area contributed by atoms with Crippen LogP contribution in [0.5, 0.6) is 0 Å². The third-order valence-electron chi connectivity index (χ3n) is 2.59. The fourth-order valence-corrected chi connectivity index (χ4v) is 3.68. The van der Waals surface area contributed by atoms with E-state index in [0.29, 0.717) is 6.54 Å². The third-order valence-corrected chi connectivity index (χ3v) is 5.37. The predicted molar refractivity (Wildman–Crippen MR) is 75.2 cm³/mol. The second-order valence-corrected chi connectivity index (χ2v) is 7.27. The average molecular weight is 297 g/mol. The molecule has 0 saturated heterocycles. The zero-order valence-electron chi connectivity index (χ0n) is 10.5. The van der Waals surface area contributed by atoms with E-state index in [1.54, 1.807) is 6.92 Å². The lowest BCUT2D eigenvalue weighted by Crippen LogP contribution is -2.22. The fourth-order valence-electron chi connectivity index (χ4n) is 1.51. The van der Waals surface area contributed by atoms with Gasteiger partial charge in [-0.25, -0.2) is 18.1 Å². The van der Waals surface area contributed by atoms with Gasteiger partial charge in [-0.3, -0.25) is 0 Å². The lowest BCUT2D eigenvalue weighted by molar-refractivity contribution is 0.583. The number of aryl methyl sites for hydroxylation is 1. The molecule has 5 nitrogen and oxygen atoms in total. The van der Waals surface area contributed by atoms with E-state index in [1.807, 2.05) is 24.3 Å². The minimum absolute atomic E-state index is 0.239. The Morgan fingerprint density at radius 2 is 1.89 bits per heavy atom. The number of thiazole rings is 1. The van der Waals surface area contributed by atoms with Crippen LogP contribution >= 0.6 is 11.3 Å². The molecule has 102 valence electrons. The van der Waals surface area contributed by atoms with E-state index in [2.05, 4.69) is 9.71 Å². The highest BCUT2D eigenvalue weighted by Crippen LogP contribution is 2.17. The Hall–Kier alpha value is -1.28. The topological polar surface area (TPSA) is 85.1 Å². The highest BCUT2D eigenvalue weighted by molar-refractivity contribution is 7.91. The number of nitrogens with zero attached hydrogens (tertiary/aromatic N) is 1. The molecule has 0 unspecified atom stereocenters. The summed E-state index contributed by atoms with van der Waals surface area (Å²) in [6.07, 6.45) is 1.37. The van der Waals surface area contributed by atoms with Crippen LogP contribution in [-0.2, 0) is 23.1 Å². The van der Waals surface area contributed by atoms with Crippen LogP contribution in [0.25, 0.3) is 0 Å². The lowest BCUT2D eigenvalue weighted by Gasteiger charge is -2.05. The van der Waals surface area contributed by atoms with Crippen molar-refractivity contribution in [3.63, 3.8) is 0 Å². The molecule has 0 fully saturated rings. The normalized spacial score (nSPS) is 11.7. The molecular formula is C12H15N3O2S2. The maximum atomic E-state index is 12.0. The van der Waals surface area contributed by atoms with Crippen molar-refractivity contribution in [3.8, 4) is 0 Å². The van der Waals surface area contributed by atoms with E-state index in [4.69, 9.17) is 5.73 Å². The summed E-state index contributed by atoms with van der Waals surface area (Å²) in [6, 6.07) is 7.51. The van der Waals surface area contributed by atoms with Crippen LogP contribution in [0.3, 0.4) is 0 Å². The first-order chi connectivity index (χ1) is 9.01. The number of nitrogens with one attached hydrogen (secondary N) is 1. The van der Waals surface area contributed by atoms with Crippen LogP contribution in [0, 0.1) is 6.92 Å². The SMILES string of the molecule is Cc1ncc(S(=O)(=O)NCc2ccc(CN)cc2)s1. The summed E-state index contributed by atoms with van der Waals surface area (Å²) >= 11 is 1.16. The number of benzene rings is 1. The van der Waals surface area contributed by atoms with Crippen molar-refractivity contribution < 1.29 is 8.42 Å². The van der Waals surface area contributed by atoms with Crippen molar-refractivity contribution in [2.24, 2.45) is 5.73 Å². The first-order valence-electron chi connectivity index (χ1n) is 5.71. The zero-order valence-corrected chi connectivity index (χ0v) is 12.1. The monoisotopic (exact) mass is 297 g/mol. The number of aromatic nitrogens is 1. The van der Waals surface area contributed by atoms with Crippen LogP contribution in [-0.4, -0.2) is 13.4 Å². The molecule has 0 aliphatic rings. The van der Waals surface area contributed by atoms with Crippen molar-refractivity contribution in [2.75, 3.05) is 0 Å². The van der Waals surface area contributed by atoms with Gasteiger partial charge >= 0.3 is 0 Å². The highest BCUT2D eigenvalue weighted by atomic mass is 32.2. The van der Waals surface area contributed by atoms with Gasteiger partial charge in [0.1, 0.15) is 0 Å². The molecule has 1 aromatic heterocycles. The smallest absolute Gasteiger partial charge is 0.251 e. The maximum absolute atomic E-state index is 12.0. The van der Waals surface area contributed by atoms with E-state index in [9.17, 15) is 8.42 Å². The summed E-state index contributed by atoms with van der Waals surface area (Å²) in [6.45, 7) is 2.51. The van der Waals surface area contributed by atoms with Crippen LogP contribution in [0.15, 0.2) is 34.7 Å². The highest BCUT2D eigenvalue weighted by Gasteiger charge is 2.16. The molecule has 2 aromatic rings. The van der Waals surface area contributed by atoms with Gasteiger partial charge in [-0.15, -0.1) is 11.3 Å². The molecule has 3 N–H and O–H groups in total. The molecule has 0 radical (unpaired) electrons. The van der Waals surface area contributed by atoms with Gasteiger partial charge in [0.2, 0.25) is 0 Å². The quantitative estimate of drug-likeness (QED) is 0.873. The third kappa shape index (κ3) is 3.60. The fraction of sp³-hybridized carbons (Fsp3) is 0.250. The average Bonchev–Trinajstić information content (AvgIpc) is 2.85. The minimum atomic E-state index is -3.47. The minimum Gasteiger partial charge on any atom is -0.326 e. The zero-order chi connectivity index (χ0) is 13.9. The van der Waals surface area contributed by atoms with Gasteiger partial charge in [-0.2, -0.15) is 0 Å². The van der Waals surface area contributed by atoms with Crippen LogP contribution < -0.4 is 10.5 Å². The molecule has 0 aliphatic heterocycles. The predicted octanol–water partition coefficient (Wildman–Crippen LogP) is 1.39. The number of nitrogens with two attached hydrogens (primary N) is 1. The Bertz CT molecular complexity index is 648. The molecule has 0 aliphatic carbocycles. The van der Waals surface area contributed by atoms with E-state index in [1.165, 1.54) is 6.20 Å². The molecule has 2 rings (SSSR count). The summed E-state index contributed by atoms with van der Waals surface area (Å²) in [7, 11) is -3.47. The van der Waals surface area contributed by atoms with Crippen molar-refractivity contribution in [2.45, 2.75) is 24.2 Å². The Kier molecular flexibility index (Phi) is 4.31. The number of rotatable bonds is 5. The van der Waals surface area contributed by atoms with Crippen LogP contribution in [0.1, 0.15) is 16.1 Å². The lowest BCUT2D eigenvalue weighted by atomic mass is 10.1. The molecular weight excluding hydrogens is 282 g/mol. The van der Waals surface area contributed by atoms with Gasteiger partial charge in [0.05, 0.1) is 11.2 Å². The summed E-state index contributed by atoms with van der Waals surface area (Å²) in [5.74, 6) is 0. The van der Waals surface area contributed by atoms with Crippen molar-refractivity contribution in [1.82, 2.24) is 9.71 Å². The molecule has 1 aromatic carbocycles. The van der Waals surface area contributed by atoms with Gasteiger partial charge in [0.25, 0.3) is 10.0 Å². The second-order valence-electron chi connectivity index (χ2n) is 4.04. The number of hydrogen-bond acceptors (Lipinski definition) is 5. The first kappa shape index (κ1) is 14.1. The number of hydrogen-bond donors (Lipinski definition) is 2. The van der Waals surface area contributed by atoms with Gasteiger partial charge in [-0.1, -0.05) is 24.3 Å². The van der Waals surface area contributed by atoms with E-state index in [0.717, 1.165) is 27.5 Å². The van der Waals surface area contributed by atoms with Crippen molar-refractivity contribution >= 4 is 21.4 Å². The molecule has 1 heterocycles. The molecule has 0 saturated carbocycles. The molecule has 0 atom stereocenters. The largest absolute Gasteiger partial charge is 0.326 e. The maximum Gasteiger partial charge on any atom is 0.251 e. The standard InChI is InChI=1S/C12H15N3O2S2/c1-9-14-8-12(18-9)19(16,17)15-7-11-4-2-10(6-13)3-5-11/h2-5,8,15H,6-7,13H2,1H3. The van der Waals surface area contributed by atoms with Crippen molar-refractivity contribution in [1.29, 1.82) is 0 Å². The number of sulfonamides is 1. The van der Waals surface area contributed by atoms with Gasteiger partial charge in [0, 0.05) is 13.1 Å². The second kappa shape index (κ2) is 5.79. The first-order valence-corrected chi connectivity index (χ1v) is 8.01. The molecule has 0 bridgehead atoms. The van der Waals surface area contributed by atoms with Gasteiger partial charge < -0.3 is 5.73 Å². The molecule has 19 heavy (non-hydrogen) atoms. The van der Waals surface area contributed by atoms with Gasteiger partial charge in [-0.05, 0) is 18.1 Å². The van der Waals surface area contributed by atoms with Crippen LogP contribution in [0.4, 0.5) is 0 Å². The molecule has 0 spiro atoms. The van der Waals surface area contributed by atoms with E-state index < -0.39 is 10.0 Å². The Morgan fingerprint density at radius 1 is 1.26 bits per heavy atom. The van der Waals surface area contributed by atoms with E-state index >= 15 is 0 Å². The Morgan fingerprint density at radius 3 is 2.42 bits per heavy atom. The summed E-state index contributed by atoms with van der Waals surface area (Å²) in [4.78, 5) is 3.95. The molecule has 0 amide bonds. The Balaban J connectivity index is 2.05. The van der Waals surface area contributed by atoms with Crippen LogP contribution in [0.2, 0.25) is 0 Å². The van der Waals surface area contributed by atoms with E-state index in [-0.39, 0.29) is 10.8 Å². The Labute approximate surface area is 116 Å². The molecule has 7 heteroatoms. The van der Waals surface area contributed by atoms with Gasteiger partial charge in [0.15, 0.2) is 4.21 Å².